The van der Waals surface area contributed by atoms with Crippen molar-refractivity contribution in [2.24, 2.45) is 0 Å². The molecule has 0 amide bonds. The Hall–Kier alpha value is -1.63. The van der Waals surface area contributed by atoms with Gasteiger partial charge in [-0.1, -0.05) is 6.07 Å². The maximum Gasteiger partial charge on any atom is 0.337 e. The molecule has 0 aromatic heterocycles. The minimum atomic E-state index is -0.622. The molecule has 0 spiro atoms. The van der Waals surface area contributed by atoms with Gasteiger partial charge in [0.2, 0.25) is 0 Å². The van der Waals surface area contributed by atoms with Gasteiger partial charge >= 0.3 is 5.97 Å². The topological polar surface area (TPSA) is 77.0 Å². The van der Waals surface area contributed by atoms with Crippen molar-refractivity contribution in [1.82, 2.24) is 5.32 Å². The van der Waals surface area contributed by atoms with E-state index in [0.717, 1.165) is 13.0 Å². The predicted octanol–water partition coefficient (Wildman–Crippen LogP) is 1.62. The summed E-state index contributed by atoms with van der Waals surface area (Å²) in [6, 6.07) is 6.68. The maximum absolute atomic E-state index is 11.4. The van der Waals surface area contributed by atoms with E-state index in [0.29, 0.717) is 24.5 Å². The Balaban J connectivity index is 2.20. The van der Waals surface area contributed by atoms with Gasteiger partial charge in [-0.2, -0.15) is 0 Å². The minimum absolute atomic E-state index is 0.153. The monoisotopic (exact) mass is 325 g/mol. The molecule has 6 heteroatoms. The first-order valence-electron chi connectivity index (χ1n) is 7.84. The number of hydrogen-bond donors (Lipinski definition) is 2. The molecule has 0 heterocycles. The fourth-order valence-electron chi connectivity index (χ4n) is 1.87. The highest BCUT2D eigenvalue weighted by Crippen LogP contribution is 2.14. The molecule has 2 N–H and O–H groups in total. The Labute approximate surface area is 137 Å². The van der Waals surface area contributed by atoms with E-state index in [1.807, 2.05) is 13.8 Å². The molecule has 0 aliphatic carbocycles. The van der Waals surface area contributed by atoms with Crippen molar-refractivity contribution >= 4 is 5.97 Å². The molecule has 1 rings (SSSR count). The van der Waals surface area contributed by atoms with Crippen LogP contribution in [0.3, 0.4) is 0 Å². The van der Waals surface area contributed by atoms with Gasteiger partial charge < -0.3 is 24.6 Å². The molecular weight excluding hydrogens is 298 g/mol. The summed E-state index contributed by atoms with van der Waals surface area (Å²) in [7, 11) is 1.33. The largest absolute Gasteiger partial charge is 0.491 e. The smallest absolute Gasteiger partial charge is 0.337 e. The lowest BCUT2D eigenvalue weighted by Gasteiger charge is -2.14. The van der Waals surface area contributed by atoms with Crippen LogP contribution in [0.15, 0.2) is 24.3 Å². The van der Waals surface area contributed by atoms with Gasteiger partial charge in [0.15, 0.2) is 0 Å². The van der Waals surface area contributed by atoms with Gasteiger partial charge in [-0.25, -0.2) is 4.79 Å². The quantitative estimate of drug-likeness (QED) is 0.475. The Kier molecular flexibility index (Phi) is 9.28. The average Bonchev–Trinajstić information content (AvgIpc) is 2.55. The van der Waals surface area contributed by atoms with Gasteiger partial charge in [-0.3, -0.25) is 0 Å². The van der Waals surface area contributed by atoms with Crippen LogP contribution in [-0.2, 0) is 9.47 Å². The minimum Gasteiger partial charge on any atom is -0.491 e. The Morgan fingerprint density at radius 2 is 2.13 bits per heavy atom. The highest BCUT2D eigenvalue weighted by atomic mass is 16.5. The first-order chi connectivity index (χ1) is 11.0. The summed E-state index contributed by atoms with van der Waals surface area (Å²) in [5, 5.41) is 13.0. The molecule has 0 bridgehead atoms. The fourth-order valence-corrected chi connectivity index (χ4v) is 1.87. The lowest BCUT2D eigenvalue weighted by molar-refractivity contribution is 0.0599. The van der Waals surface area contributed by atoms with Crippen LogP contribution in [0.5, 0.6) is 5.75 Å². The number of methoxy groups -OCH3 is 1. The van der Waals surface area contributed by atoms with Crippen molar-refractivity contribution in [1.29, 1.82) is 0 Å². The van der Waals surface area contributed by atoms with E-state index >= 15 is 0 Å². The number of esters is 1. The molecule has 0 unspecified atom stereocenters. The fraction of sp³-hybridized carbons (Fsp3) is 0.588. The molecule has 130 valence electrons. The zero-order chi connectivity index (χ0) is 17.1. The molecule has 0 aliphatic heterocycles. The molecule has 1 atom stereocenters. The van der Waals surface area contributed by atoms with Crippen LogP contribution >= 0.6 is 0 Å². The van der Waals surface area contributed by atoms with Crippen LogP contribution in [0.2, 0.25) is 0 Å². The molecule has 1 aromatic carbocycles. The second-order valence-electron chi connectivity index (χ2n) is 5.46. The maximum atomic E-state index is 11.4. The number of aliphatic hydroxyl groups is 1. The van der Waals surface area contributed by atoms with Gasteiger partial charge in [0.1, 0.15) is 18.5 Å². The van der Waals surface area contributed by atoms with Crippen LogP contribution in [0, 0.1) is 0 Å². The molecule has 1 aromatic rings. The van der Waals surface area contributed by atoms with Crippen molar-refractivity contribution in [2.75, 3.05) is 33.4 Å². The van der Waals surface area contributed by atoms with Crippen molar-refractivity contribution in [3.8, 4) is 5.75 Å². The van der Waals surface area contributed by atoms with Crippen LogP contribution in [0.4, 0.5) is 0 Å². The van der Waals surface area contributed by atoms with Gasteiger partial charge in [0, 0.05) is 13.2 Å². The van der Waals surface area contributed by atoms with Gasteiger partial charge in [-0.15, -0.1) is 0 Å². The van der Waals surface area contributed by atoms with E-state index in [1.54, 1.807) is 24.3 Å². The van der Waals surface area contributed by atoms with Crippen molar-refractivity contribution in [3.05, 3.63) is 29.8 Å². The number of rotatable bonds is 11. The standard InChI is InChI=1S/C17H27NO5/c1-13(2)22-9-5-8-18-11-15(19)12-23-16-7-4-6-14(10-16)17(20)21-3/h4,6-7,10,13,15,18-19H,5,8-9,11-12H2,1-3H3/t15-/m0/s1. The summed E-state index contributed by atoms with van der Waals surface area (Å²) in [5.41, 5.74) is 0.419. The third kappa shape index (κ3) is 8.54. The summed E-state index contributed by atoms with van der Waals surface area (Å²) >= 11 is 0. The van der Waals surface area contributed by atoms with Crippen LogP contribution < -0.4 is 10.1 Å². The average molecular weight is 325 g/mol. The lowest BCUT2D eigenvalue weighted by atomic mass is 10.2. The first kappa shape index (κ1) is 19.4. The van der Waals surface area contributed by atoms with Gasteiger partial charge in [0.25, 0.3) is 0 Å². The number of nitrogens with one attached hydrogen (secondary N) is 1. The molecule has 23 heavy (non-hydrogen) atoms. The van der Waals surface area contributed by atoms with E-state index < -0.39 is 12.1 Å². The number of aliphatic hydroxyl groups excluding tert-OH is 1. The Morgan fingerprint density at radius 3 is 2.83 bits per heavy atom. The summed E-state index contributed by atoms with van der Waals surface area (Å²) in [5.74, 6) is 0.110. The summed E-state index contributed by atoms with van der Waals surface area (Å²) < 4.78 is 15.6. The molecular formula is C17H27NO5. The van der Waals surface area contributed by atoms with Crippen molar-refractivity contribution in [3.63, 3.8) is 0 Å². The molecule has 0 saturated carbocycles. The zero-order valence-corrected chi connectivity index (χ0v) is 14.1. The summed E-state index contributed by atoms with van der Waals surface area (Å²) in [6.45, 7) is 6.09. The van der Waals surface area contributed by atoms with Gasteiger partial charge in [0.05, 0.1) is 18.8 Å². The highest BCUT2D eigenvalue weighted by molar-refractivity contribution is 5.89. The highest BCUT2D eigenvalue weighted by Gasteiger charge is 2.08. The number of carbonyl (C=O) groups excluding carboxylic acids is 1. The molecule has 6 nitrogen and oxygen atoms in total. The molecule has 0 saturated heterocycles. The second kappa shape index (κ2) is 11.0. The third-order valence-corrected chi connectivity index (χ3v) is 3.03. The normalized spacial score (nSPS) is 12.2. The van der Waals surface area contributed by atoms with Crippen LogP contribution in [0.25, 0.3) is 0 Å². The van der Waals surface area contributed by atoms with E-state index in [9.17, 15) is 9.90 Å². The molecule has 0 aliphatic rings. The predicted molar refractivity (Wildman–Crippen MR) is 87.9 cm³/mol. The number of carbonyl (C=O) groups is 1. The molecule has 0 fully saturated rings. The Morgan fingerprint density at radius 1 is 1.35 bits per heavy atom. The third-order valence-electron chi connectivity index (χ3n) is 3.03. The van der Waals surface area contributed by atoms with E-state index in [1.165, 1.54) is 7.11 Å². The summed E-state index contributed by atoms with van der Waals surface area (Å²) in [6.07, 6.45) is 0.518. The van der Waals surface area contributed by atoms with E-state index in [-0.39, 0.29) is 12.7 Å². The Bertz CT molecular complexity index is 464. The summed E-state index contributed by atoms with van der Waals surface area (Å²) in [4.78, 5) is 11.4. The lowest BCUT2D eigenvalue weighted by Crippen LogP contribution is -2.32. The first-order valence-corrected chi connectivity index (χ1v) is 7.84. The van der Waals surface area contributed by atoms with Gasteiger partial charge in [-0.05, 0) is 45.0 Å². The SMILES string of the molecule is COC(=O)c1cccc(OC[C@@H](O)CNCCCOC(C)C)c1. The molecule has 0 radical (unpaired) electrons. The van der Waals surface area contributed by atoms with Crippen LogP contribution in [-0.4, -0.2) is 56.7 Å². The van der Waals surface area contributed by atoms with Crippen LogP contribution in [0.1, 0.15) is 30.6 Å². The number of hydrogen-bond acceptors (Lipinski definition) is 6. The van der Waals surface area contributed by atoms with Crippen molar-refractivity contribution in [2.45, 2.75) is 32.5 Å². The second-order valence-corrected chi connectivity index (χ2v) is 5.46. The zero-order valence-electron chi connectivity index (χ0n) is 14.1. The number of benzene rings is 1. The van der Waals surface area contributed by atoms with Crippen molar-refractivity contribution < 1.29 is 24.1 Å². The van der Waals surface area contributed by atoms with E-state index in [2.05, 4.69) is 10.1 Å². The number of ether oxygens (including phenoxy) is 3. The van der Waals surface area contributed by atoms with E-state index in [4.69, 9.17) is 9.47 Å².